The second-order valence-corrected chi connectivity index (χ2v) is 11.4. The molecule has 4 heterocycles. The molecule has 10 heteroatoms. The molecule has 204 valence electrons. The van der Waals surface area contributed by atoms with Gasteiger partial charge in [-0.25, -0.2) is 14.2 Å². The molecule has 9 nitrogen and oxygen atoms in total. The molecule has 0 radical (unpaired) electrons. The first-order chi connectivity index (χ1) is 18.6. The molecule has 39 heavy (non-hydrogen) atoms. The third-order valence-corrected chi connectivity index (χ3v) is 9.20. The molecule has 1 saturated carbocycles. The third-order valence-electron chi connectivity index (χ3n) is 9.20. The van der Waals surface area contributed by atoms with E-state index in [9.17, 15) is 24.9 Å². The molecule has 0 bridgehead atoms. The summed E-state index contributed by atoms with van der Waals surface area (Å²) < 4.78 is 20.2. The summed E-state index contributed by atoms with van der Waals surface area (Å²) in [7, 11) is 0. The smallest absolute Gasteiger partial charge is 0.343 e. The standard InChI is InChI=1S/C29H30FN3O6/c1-3-29(38)17-8-21-24-15(10-33(21)27(36)16(17)11-39-28(29)37)23-19(32-26(35)25(34)13-4-5-13)7-6-14-12(2)18(30)9-20(31-24)22(14)23/h8-9,13,19,25,27,34,36,38H,3-7,10-11H2,1-2H3,(H,32,35)/t19-,25-,27?,29-/m0/s1. The highest BCUT2D eigenvalue weighted by atomic mass is 19.1. The molecule has 2 aliphatic carbocycles. The summed E-state index contributed by atoms with van der Waals surface area (Å²) in [5, 5.41) is 36.9. The van der Waals surface area contributed by atoms with E-state index >= 15 is 4.39 Å². The topological polar surface area (TPSA) is 132 Å². The van der Waals surface area contributed by atoms with Crippen molar-refractivity contribution < 1.29 is 34.0 Å². The van der Waals surface area contributed by atoms with Crippen LogP contribution in [0.25, 0.3) is 16.6 Å². The van der Waals surface area contributed by atoms with Crippen molar-refractivity contribution in [3.05, 3.63) is 57.1 Å². The van der Waals surface area contributed by atoms with Crippen molar-refractivity contribution >= 4 is 28.5 Å². The Labute approximate surface area is 224 Å². The Bertz CT molecular complexity index is 1550. The minimum Gasteiger partial charge on any atom is -0.459 e. The lowest BCUT2D eigenvalue weighted by Gasteiger charge is -2.40. The average molecular weight is 536 g/mol. The zero-order valence-electron chi connectivity index (χ0n) is 21.8. The number of aliphatic hydroxyl groups is 3. The highest BCUT2D eigenvalue weighted by molar-refractivity contribution is 5.94. The molecule has 4 atom stereocenters. The number of carbonyl (C=O) groups is 2. The number of aryl methyl sites for hydroxylation is 1. The van der Waals surface area contributed by atoms with Gasteiger partial charge in [-0.15, -0.1) is 0 Å². The molecule has 1 fully saturated rings. The number of hydrogen-bond acceptors (Lipinski definition) is 8. The maximum atomic E-state index is 15.0. The van der Waals surface area contributed by atoms with Gasteiger partial charge in [0.25, 0.3) is 0 Å². The monoisotopic (exact) mass is 535 g/mol. The fraction of sp³-hybridized carbons (Fsp3) is 0.483. The lowest BCUT2D eigenvalue weighted by Crippen LogP contribution is -2.50. The molecule has 1 aromatic carbocycles. The second kappa shape index (κ2) is 8.33. The van der Waals surface area contributed by atoms with Crippen LogP contribution >= 0.6 is 0 Å². The zero-order chi connectivity index (χ0) is 27.4. The lowest BCUT2D eigenvalue weighted by atomic mass is 9.81. The second-order valence-electron chi connectivity index (χ2n) is 11.4. The normalized spacial score (nSPS) is 28.0. The number of pyridine rings is 1. The molecule has 0 saturated heterocycles. The fourth-order valence-electron chi connectivity index (χ4n) is 6.73. The maximum absolute atomic E-state index is 15.0. The van der Waals surface area contributed by atoms with Crippen molar-refractivity contribution in [2.75, 3.05) is 6.61 Å². The quantitative estimate of drug-likeness (QED) is 0.438. The minimum atomic E-state index is -1.90. The molecule has 1 unspecified atom stereocenters. The number of carbonyl (C=O) groups excluding carboxylic acids is 2. The van der Waals surface area contributed by atoms with Crippen molar-refractivity contribution in [3.8, 4) is 0 Å². The van der Waals surface area contributed by atoms with Gasteiger partial charge in [0.2, 0.25) is 5.91 Å². The number of halogens is 1. The summed E-state index contributed by atoms with van der Waals surface area (Å²) in [6, 6.07) is 0.969. The molecule has 1 aromatic heterocycles. The van der Waals surface area contributed by atoms with Gasteiger partial charge >= 0.3 is 5.97 Å². The number of esters is 1. The van der Waals surface area contributed by atoms with Crippen molar-refractivity contribution in [1.29, 1.82) is 0 Å². The number of hydrogen-bond donors (Lipinski definition) is 4. The predicted octanol–water partition coefficient (Wildman–Crippen LogP) is 2.04. The third kappa shape index (κ3) is 3.38. The average Bonchev–Trinajstić information content (AvgIpc) is 3.71. The van der Waals surface area contributed by atoms with Crippen LogP contribution < -0.4 is 5.32 Å². The van der Waals surface area contributed by atoms with Crippen LogP contribution in [0.5, 0.6) is 0 Å². The Morgan fingerprint density at radius 1 is 1.33 bits per heavy atom. The molecule has 5 aliphatic rings. The van der Waals surface area contributed by atoms with Gasteiger partial charge in [-0.2, -0.15) is 0 Å². The van der Waals surface area contributed by atoms with E-state index in [1.54, 1.807) is 24.8 Å². The molecule has 2 aromatic rings. The number of nitrogens with one attached hydrogen (secondary N) is 1. The Hall–Kier alpha value is -3.34. The van der Waals surface area contributed by atoms with Crippen LogP contribution in [-0.2, 0) is 27.3 Å². The van der Waals surface area contributed by atoms with E-state index in [0.717, 1.165) is 34.9 Å². The van der Waals surface area contributed by atoms with Gasteiger partial charge in [-0.1, -0.05) is 6.92 Å². The van der Waals surface area contributed by atoms with Crippen LogP contribution in [-0.4, -0.2) is 61.6 Å². The molecule has 4 N–H and O–H groups in total. The number of aromatic nitrogens is 1. The van der Waals surface area contributed by atoms with E-state index in [0.29, 0.717) is 46.5 Å². The Balaban J connectivity index is 1.42. The molecular weight excluding hydrogens is 505 g/mol. The summed E-state index contributed by atoms with van der Waals surface area (Å²) >= 11 is 0. The van der Waals surface area contributed by atoms with E-state index < -0.39 is 35.9 Å². The number of nitrogens with zero attached hydrogens (tertiary/aromatic N) is 2. The van der Waals surface area contributed by atoms with E-state index in [1.165, 1.54) is 6.07 Å². The Morgan fingerprint density at radius 3 is 2.82 bits per heavy atom. The van der Waals surface area contributed by atoms with Crippen molar-refractivity contribution in [2.24, 2.45) is 5.92 Å². The molecular formula is C29H30FN3O6. The zero-order valence-corrected chi connectivity index (χ0v) is 21.8. The van der Waals surface area contributed by atoms with Gasteiger partial charge in [0.1, 0.15) is 18.5 Å². The first-order valence-electron chi connectivity index (χ1n) is 13.6. The summed E-state index contributed by atoms with van der Waals surface area (Å²) in [5.41, 5.74) is 3.29. The molecule has 3 aliphatic heterocycles. The number of ether oxygens (including phenoxy) is 1. The first kappa shape index (κ1) is 24.7. The summed E-state index contributed by atoms with van der Waals surface area (Å²) in [4.78, 5) is 32.1. The van der Waals surface area contributed by atoms with E-state index in [1.807, 2.05) is 0 Å². The van der Waals surface area contributed by atoms with Gasteiger partial charge < -0.3 is 30.3 Å². The highest BCUT2D eigenvalue weighted by Gasteiger charge is 2.50. The molecule has 7 rings (SSSR count). The lowest BCUT2D eigenvalue weighted by molar-refractivity contribution is -0.164. The molecule has 1 amide bonds. The van der Waals surface area contributed by atoms with E-state index in [2.05, 4.69) is 5.32 Å². The minimum absolute atomic E-state index is 0.0192. The van der Waals surface area contributed by atoms with Crippen molar-refractivity contribution in [1.82, 2.24) is 15.2 Å². The number of cyclic esters (lactones) is 1. The van der Waals surface area contributed by atoms with Gasteiger partial charge in [0.15, 0.2) is 11.8 Å². The van der Waals surface area contributed by atoms with Crippen LogP contribution in [0.3, 0.4) is 0 Å². The SMILES string of the molecule is CC[C@@]1(O)C(=O)OCC2=C1C=C1c3nc4cc(F)c(C)c5c4c(c3CN1C2O)[C@@H](NC(=O)[C@@H](O)C1CC1)CC5. The number of amides is 1. The highest BCUT2D eigenvalue weighted by Crippen LogP contribution is 2.49. The van der Waals surface area contributed by atoms with Crippen molar-refractivity contribution in [3.63, 3.8) is 0 Å². The molecule has 0 spiro atoms. The van der Waals surface area contributed by atoms with Crippen molar-refractivity contribution in [2.45, 2.75) is 76.5 Å². The van der Waals surface area contributed by atoms with Gasteiger partial charge in [0, 0.05) is 34.7 Å². The Morgan fingerprint density at radius 2 is 2.10 bits per heavy atom. The maximum Gasteiger partial charge on any atom is 0.343 e. The summed E-state index contributed by atoms with van der Waals surface area (Å²) in [5.74, 6) is -1.57. The van der Waals surface area contributed by atoms with Crippen LogP contribution in [0.4, 0.5) is 4.39 Å². The summed E-state index contributed by atoms with van der Waals surface area (Å²) in [6.45, 7) is 3.54. The number of benzene rings is 1. The largest absolute Gasteiger partial charge is 0.459 e. The van der Waals surface area contributed by atoms with Gasteiger partial charge in [0.05, 0.1) is 22.9 Å². The van der Waals surface area contributed by atoms with Crippen LogP contribution in [0.15, 0.2) is 23.3 Å². The Kier molecular flexibility index (Phi) is 5.27. The van der Waals surface area contributed by atoms with E-state index in [4.69, 9.17) is 9.72 Å². The van der Waals surface area contributed by atoms with Crippen LogP contribution in [0.1, 0.15) is 66.6 Å². The van der Waals surface area contributed by atoms with Crippen LogP contribution in [0, 0.1) is 18.7 Å². The fourth-order valence-corrected chi connectivity index (χ4v) is 6.73. The predicted molar refractivity (Wildman–Crippen MR) is 137 cm³/mol. The van der Waals surface area contributed by atoms with E-state index in [-0.39, 0.29) is 31.3 Å². The van der Waals surface area contributed by atoms with Crippen LogP contribution in [0.2, 0.25) is 0 Å². The van der Waals surface area contributed by atoms with Gasteiger partial charge in [-0.05, 0) is 67.7 Å². The van der Waals surface area contributed by atoms with Gasteiger partial charge in [-0.3, -0.25) is 4.79 Å². The summed E-state index contributed by atoms with van der Waals surface area (Å²) in [6.07, 6.45) is 2.24. The number of aliphatic hydroxyl groups excluding tert-OH is 2. The number of fused-ring (bicyclic) bond motifs is 4. The number of rotatable bonds is 4. The first-order valence-corrected chi connectivity index (χ1v) is 13.6.